The van der Waals surface area contributed by atoms with E-state index >= 15 is 0 Å². The third-order valence-corrected chi connectivity index (χ3v) is 72.4. The maximum atomic E-state index is 2.69. The average Bonchev–Trinajstić information content (AvgIpc) is 1.77. The summed E-state index contributed by atoms with van der Waals surface area (Å²) >= 11 is -4.62. The molecule has 3 heteroatoms. The Balaban J connectivity index is 5.54. The van der Waals surface area contributed by atoms with Crippen LogP contribution in [0.15, 0.2) is 0 Å². The van der Waals surface area contributed by atoms with Crippen molar-refractivity contribution >= 4 is 39.8 Å². The van der Waals surface area contributed by atoms with Crippen LogP contribution in [-0.4, -0.2) is 39.8 Å². The Morgan fingerprint density at radius 2 is 0.643 bits per heavy atom. The molecule has 0 aromatic carbocycles. The van der Waals surface area contributed by atoms with E-state index in [2.05, 4.69) is 58.7 Å². The molecule has 0 unspecified atom stereocenters. The maximum absolute atomic E-state index is 2.69. The Bertz CT molecular complexity index is 164. The molecule has 0 radical (unpaired) electrons. The van der Waals surface area contributed by atoms with Gasteiger partial charge in [-0.15, -0.1) is 0 Å². The molecule has 0 aromatic rings. The Morgan fingerprint density at radius 1 is 0.500 bits per heavy atom. The van der Waals surface area contributed by atoms with Crippen LogP contribution in [-0.2, 0) is 0 Å². The van der Waals surface area contributed by atoms with Crippen molar-refractivity contribution in [1.29, 1.82) is 0 Å². The van der Waals surface area contributed by atoms with Crippen LogP contribution in [0.25, 0.3) is 0 Å². The molecular formula is C11H30Ge3. The summed E-state index contributed by atoms with van der Waals surface area (Å²) in [6.07, 6.45) is 0. The molecule has 0 bridgehead atoms. The first-order valence-electron chi connectivity index (χ1n) is 5.75. The second-order valence-corrected chi connectivity index (χ2v) is 49.1. The molecule has 0 saturated heterocycles. The van der Waals surface area contributed by atoms with E-state index in [0.29, 0.717) is 0 Å². The Morgan fingerprint density at radius 3 is 0.643 bits per heavy atom. The zero-order valence-corrected chi connectivity index (χ0v) is 18.3. The van der Waals surface area contributed by atoms with Crippen molar-refractivity contribution in [2.45, 2.75) is 60.6 Å². The summed E-state index contributed by atoms with van der Waals surface area (Å²) in [7, 11) is 0. The molecule has 86 valence electrons. The molecule has 14 heavy (non-hydrogen) atoms. The fourth-order valence-corrected chi connectivity index (χ4v) is 91.1. The average molecular weight is 380 g/mol. The quantitative estimate of drug-likeness (QED) is 0.615. The van der Waals surface area contributed by atoms with Crippen LogP contribution >= 0.6 is 0 Å². The van der Waals surface area contributed by atoms with E-state index < -0.39 is 39.8 Å². The van der Waals surface area contributed by atoms with E-state index in [1.807, 2.05) is 0 Å². The normalized spacial score (nSPS) is 15.9. The summed E-state index contributed by atoms with van der Waals surface area (Å²) in [4.78, 5) is 0. The molecule has 0 aromatic heterocycles. The van der Waals surface area contributed by atoms with Gasteiger partial charge in [-0.2, -0.15) is 0 Å². The van der Waals surface area contributed by atoms with Gasteiger partial charge in [0, 0.05) is 0 Å². The monoisotopic (exact) mass is 384 g/mol. The van der Waals surface area contributed by atoms with E-state index in [-0.39, 0.29) is 0 Å². The van der Waals surface area contributed by atoms with Crippen LogP contribution in [0.5, 0.6) is 0 Å². The first-order chi connectivity index (χ1) is 5.75. The fourth-order valence-electron chi connectivity index (χ4n) is 3.38. The Hall–Kier alpha value is 1.63. The molecule has 0 aliphatic heterocycles. The number of hydrogen-bond acceptors (Lipinski definition) is 0. The molecule has 0 amide bonds. The summed E-state index contributed by atoms with van der Waals surface area (Å²) < 4.78 is 0.875. The third kappa shape index (κ3) is 2.65. The first kappa shape index (κ1) is 15.6. The summed E-state index contributed by atoms with van der Waals surface area (Å²) in [6.45, 7) is 2.69. The van der Waals surface area contributed by atoms with E-state index in [9.17, 15) is 0 Å². The van der Waals surface area contributed by atoms with Gasteiger partial charge in [0.2, 0.25) is 0 Å². The van der Waals surface area contributed by atoms with Crippen molar-refractivity contribution in [2.75, 3.05) is 0 Å². The van der Waals surface area contributed by atoms with Crippen molar-refractivity contribution in [3.63, 3.8) is 0 Å². The summed E-state index contributed by atoms with van der Waals surface area (Å²) in [6, 6.07) is 0. The second kappa shape index (κ2) is 4.14. The van der Waals surface area contributed by atoms with Crippen LogP contribution < -0.4 is 0 Å². The molecular weight excluding hydrogens is 350 g/mol. The molecule has 0 aliphatic rings. The molecule has 0 atom stereocenters. The van der Waals surface area contributed by atoms with Gasteiger partial charge in [-0.1, -0.05) is 0 Å². The van der Waals surface area contributed by atoms with Crippen molar-refractivity contribution in [1.82, 2.24) is 0 Å². The SMILES string of the molecule is C[C]([Ge]([CH3])([CH3])[CH3])([Ge]([CH3])([CH3])[CH3])[Ge]([CH3])([CH3])[CH3]. The molecule has 0 N–H and O–H groups in total. The standard InChI is InChI=1S/C11H30Ge3/c1-11(12(2,3)4,13(5,6)7)14(8,9)10/h1-10H3. The van der Waals surface area contributed by atoms with Gasteiger partial charge in [-0.3, -0.25) is 0 Å². The van der Waals surface area contributed by atoms with Crippen LogP contribution in [0.3, 0.4) is 0 Å². The third-order valence-electron chi connectivity index (χ3n) is 4.50. The fraction of sp³-hybridized carbons (Fsp3) is 1.00. The first-order valence-corrected chi connectivity index (χ1v) is 27.8. The zero-order chi connectivity index (χ0) is 12.0. The molecule has 0 aliphatic carbocycles. The van der Waals surface area contributed by atoms with Gasteiger partial charge < -0.3 is 0 Å². The van der Waals surface area contributed by atoms with Crippen LogP contribution in [0.2, 0.25) is 53.7 Å². The minimum absolute atomic E-state index is 0.875. The molecule has 0 spiro atoms. The predicted molar refractivity (Wildman–Crippen MR) is 78.4 cm³/mol. The summed E-state index contributed by atoms with van der Waals surface area (Å²) in [5.41, 5.74) is 0. The Kier molecular flexibility index (Phi) is 4.62. The van der Waals surface area contributed by atoms with Gasteiger partial charge >= 0.3 is 100 Å². The van der Waals surface area contributed by atoms with E-state index in [1.54, 1.807) is 0 Å². The van der Waals surface area contributed by atoms with Crippen molar-refractivity contribution in [3.05, 3.63) is 0 Å². The topological polar surface area (TPSA) is 0 Å². The van der Waals surface area contributed by atoms with Crippen LogP contribution in [0.1, 0.15) is 6.92 Å². The number of rotatable bonds is 3. The Labute approximate surface area is 99.7 Å². The van der Waals surface area contributed by atoms with Crippen molar-refractivity contribution < 1.29 is 0 Å². The number of hydrogen-bond donors (Lipinski definition) is 0. The second-order valence-electron chi connectivity index (χ2n) is 7.88. The molecule has 0 fully saturated rings. The van der Waals surface area contributed by atoms with Gasteiger partial charge in [-0.25, -0.2) is 0 Å². The van der Waals surface area contributed by atoms with Gasteiger partial charge in [0.1, 0.15) is 0 Å². The minimum atomic E-state index is -1.54. The summed E-state index contributed by atoms with van der Waals surface area (Å²) in [5, 5.41) is 0. The van der Waals surface area contributed by atoms with E-state index in [1.165, 1.54) is 0 Å². The predicted octanol–water partition coefficient (Wildman–Crippen LogP) is 4.84. The molecule has 0 rings (SSSR count). The van der Waals surface area contributed by atoms with Gasteiger partial charge in [-0.05, 0) is 0 Å². The molecule has 0 heterocycles. The zero-order valence-electron chi connectivity index (χ0n) is 12.0. The molecule has 0 saturated carbocycles. The van der Waals surface area contributed by atoms with E-state index in [0.717, 1.165) is 1.91 Å². The van der Waals surface area contributed by atoms with E-state index in [4.69, 9.17) is 0 Å². The van der Waals surface area contributed by atoms with Gasteiger partial charge in [0.05, 0.1) is 0 Å². The van der Waals surface area contributed by atoms with Crippen LogP contribution in [0, 0.1) is 0 Å². The summed E-state index contributed by atoms with van der Waals surface area (Å²) in [5.74, 6) is 23.8. The van der Waals surface area contributed by atoms with Crippen molar-refractivity contribution in [3.8, 4) is 0 Å². The van der Waals surface area contributed by atoms with Gasteiger partial charge in [0.15, 0.2) is 0 Å². The van der Waals surface area contributed by atoms with Gasteiger partial charge in [0.25, 0.3) is 0 Å². The van der Waals surface area contributed by atoms with Crippen LogP contribution in [0.4, 0.5) is 0 Å². The molecule has 0 nitrogen and oxygen atoms in total. The van der Waals surface area contributed by atoms with Crippen molar-refractivity contribution in [2.24, 2.45) is 0 Å².